The SMILES string of the molecule is COC(=O)N[C@H](C(=O)N1C[C@@H]2C[C@H]1c1nc(-c3ccc(-c4ccc(-c5ccc(-c6nc([C@@H]7CCCN7C(=O)[C@H](NC(=O)OC)C(C)C)[nH]c6Br)cc5)cc4)cc3)c([nH]1)COCCCO2)C(C)C. The number of aromatic amines is 2. The first-order valence-corrected chi connectivity index (χ1v) is 23.8. The predicted octanol–water partition coefficient (Wildman–Crippen LogP) is 8.57. The Balaban J connectivity index is 0.961. The molecule has 67 heavy (non-hydrogen) atoms. The third-order valence-electron chi connectivity index (χ3n) is 12.9. The number of H-pyrrole nitrogens is 2. The summed E-state index contributed by atoms with van der Waals surface area (Å²) in [6.07, 6.45) is 1.42. The van der Waals surface area contributed by atoms with Gasteiger partial charge >= 0.3 is 12.2 Å². The number of rotatable bonds is 11. The van der Waals surface area contributed by atoms with Crippen LogP contribution < -0.4 is 10.6 Å². The van der Waals surface area contributed by atoms with Crippen molar-refractivity contribution in [3.05, 3.63) is 94.7 Å². The van der Waals surface area contributed by atoms with Crippen LogP contribution in [0.15, 0.2) is 77.4 Å². The molecule has 3 aromatic carbocycles. The van der Waals surface area contributed by atoms with E-state index in [1.807, 2.05) is 39.8 Å². The number of benzene rings is 3. The zero-order chi connectivity index (χ0) is 47.4. The van der Waals surface area contributed by atoms with E-state index in [4.69, 9.17) is 28.9 Å². The van der Waals surface area contributed by atoms with Crippen LogP contribution in [0.3, 0.4) is 0 Å². The predicted molar refractivity (Wildman–Crippen MR) is 255 cm³/mol. The van der Waals surface area contributed by atoms with Crippen LogP contribution in [0.1, 0.15) is 82.8 Å². The molecule has 4 amide bonds. The summed E-state index contributed by atoms with van der Waals surface area (Å²) >= 11 is 3.68. The highest BCUT2D eigenvalue weighted by molar-refractivity contribution is 9.10. The Hall–Kier alpha value is -6.04. The van der Waals surface area contributed by atoms with E-state index < -0.39 is 24.3 Å². The number of nitrogens with one attached hydrogen (secondary N) is 4. The molecule has 354 valence electrons. The van der Waals surface area contributed by atoms with Crippen LogP contribution >= 0.6 is 15.9 Å². The first-order chi connectivity index (χ1) is 32.3. The minimum Gasteiger partial charge on any atom is -0.453 e. The molecule has 0 aliphatic carbocycles. The van der Waals surface area contributed by atoms with Gasteiger partial charge in [-0.05, 0) is 69.3 Å². The zero-order valence-corrected chi connectivity index (χ0v) is 40.4. The molecule has 5 heterocycles. The lowest BCUT2D eigenvalue weighted by molar-refractivity contribution is -0.136. The topological polar surface area (TPSA) is 193 Å². The second-order valence-corrected chi connectivity index (χ2v) is 18.8. The van der Waals surface area contributed by atoms with Crippen molar-refractivity contribution in [2.24, 2.45) is 11.8 Å². The van der Waals surface area contributed by atoms with Gasteiger partial charge in [0.25, 0.3) is 0 Å². The van der Waals surface area contributed by atoms with Crippen molar-refractivity contribution in [3.8, 4) is 44.8 Å². The maximum absolute atomic E-state index is 14.1. The number of fused-ring (bicyclic) bond motifs is 5. The number of aromatic nitrogens is 4. The molecule has 2 saturated heterocycles. The smallest absolute Gasteiger partial charge is 0.407 e. The van der Waals surface area contributed by atoms with Crippen molar-refractivity contribution in [3.63, 3.8) is 0 Å². The Morgan fingerprint density at radius 3 is 1.70 bits per heavy atom. The van der Waals surface area contributed by atoms with Crippen LogP contribution in [0.25, 0.3) is 44.8 Å². The van der Waals surface area contributed by atoms with Crippen molar-refractivity contribution in [2.45, 2.75) is 90.3 Å². The van der Waals surface area contributed by atoms with Gasteiger partial charge in [0.15, 0.2) is 0 Å². The van der Waals surface area contributed by atoms with Crippen LogP contribution in [0.2, 0.25) is 0 Å². The normalized spacial score (nSPS) is 19.4. The van der Waals surface area contributed by atoms with Gasteiger partial charge in [-0.15, -0.1) is 0 Å². The summed E-state index contributed by atoms with van der Waals surface area (Å²) < 4.78 is 22.6. The Labute approximate surface area is 399 Å². The van der Waals surface area contributed by atoms with Gasteiger partial charge in [0.1, 0.15) is 34.0 Å². The molecule has 0 radical (unpaired) electrons. The number of imidazole rings is 2. The maximum Gasteiger partial charge on any atom is 0.407 e. The summed E-state index contributed by atoms with van der Waals surface area (Å²) in [4.78, 5) is 72.5. The van der Waals surface area contributed by atoms with Crippen LogP contribution in [-0.2, 0) is 35.1 Å². The summed E-state index contributed by atoms with van der Waals surface area (Å²) in [5.74, 6) is 0.700. The lowest BCUT2D eigenvalue weighted by Gasteiger charge is -2.29. The number of carbonyl (C=O) groups excluding carboxylic acids is 4. The van der Waals surface area contributed by atoms with Crippen molar-refractivity contribution in [2.75, 3.05) is 40.5 Å². The molecule has 2 aromatic heterocycles. The monoisotopic (exact) mass is 978 g/mol. The first-order valence-electron chi connectivity index (χ1n) is 23.0. The fourth-order valence-corrected chi connectivity index (χ4v) is 9.74. The lowest BCUT2D eigenvalue weighted by Crippen LogP contribution is -2.51. The van der Waals surface area contributed by atoms with E-state index in [-0.39, 0.29) is 41.8 Å². The van der Waals surface area contributed by atoms with Crippen LogP contribution in [0, 0.1) is 11.8 Å². The maximum atomic E-state index is 14.1. The molecule has 3 aliphatic rings. The summed E-state index contributed by atoms with van der Waals surface area (Å²) in [5, 5.41) is 5.43. The van der Waals surface area contributed by atoms with Gasteiger partial charge in [-0.1, -0.05) is 100 Å². The minimum absolute atomic E-state index is 0.121. The van der Waals surface area contributed by atoms with Gasteiger partial charge < -0.3 is 49.3 Å². The van der Waals surface area contributed by atoms with E-state index in [0.717, 1.165) is 74.3 Å². The average Bonchev–Trinajstić information content (AvgIpc) is 4.16. The third-order valence-corrected chi connectivity index (χ3v) is 13.4. The number of halogens is 1. The summed E-state index contributed by atoms with van der Waals surface area (Å²) in [6.45, 7) is 9.92. The van der Waals surface area contributed by atoms with Crippen LogP contribution in [0.4, 0.5) is 9.59 Å². The number of nitrogens with zero attached hydrogens (tertiary/aromatic N) is 4. The van der Waals surface area contributed by atoms with Gasteiger partial charge in [-0.25, -0.2) is 19.6 Å². The highest BCUT2D eigenvalue weighted by atomic mass is 79.9. The molecule has 4 bridgehead atoms. The Bertz CT molecular complexity index is 2540. The summed E-state index contributed by atoms with van der Waals surface area (Å²) in [7, 11) is 2.58. The number of hydrogen-bond acceptors (Lipinski definition) is 10. The van der Waals surface area contributed by atoms with Crippen molar-refractivity contribution < 1.29 is 38.1 Å². The molecular formula is C50H59BrN8O8. The second-order valence-electron chi connectivity index (χ2n) is 18.0. The van der Waals surface area contributed by atoms with Crippen molar-refractivity contribution in [1.82, 2.24) is 40.4 Å². The number of amides is 4. The molecule has 5 atom stereocenters. The van der Waals surface area contributed by atoms with E-state index in [1.54, 1.807) is 9.80 Å². The molecule has 5 aromatic rings. The van der Waals surface area contributed by atoms with Crippen LogP contribution in [-0.4, -0.2) is 112 Å². The van der Waals surface area contributed by atoms with Gasteiger partial charge in [-0.2, -0.15) is 0 Å². The quantitative estimate of drug-likeness (QED) is 0.0997. The number of carbonyl (C=O) groups is 4. The highest BCUT2D eigenvalue weighted by Crippen LogP contribution is 2.38. The number of alkyl carbamates (subject to hydrolysis) is 2. The fourth-order valence-electron chi connectivity index (χ4n) is 9.22. The molecule has 4 N–H and O–H groups in total. The van der Waals surface area contributed by atoms with Gasteiger partial charge in [0, 0.05) is 43.9 Å². The Kier molecular flexibility index (Phi) is 14.8. The molecule has 0 saturated carbocycles. The van der Waals surface area contributed by atoms with E-state index >= 15 is 0 Å². The summed E-state index contributed by atoms with van der Waals surface area (Å²) in [5.41, 5.74) is 8.45. The van der Waals surface area contributed by atoms with E-state index in [9.17, 15) is 19.2 Å². The van der Waals surface area contributed by atoms with Gasteiger partial charge in [0.2, 0.25) is 11.8 Å². The number of ether oxygens (including phenoxy) is 4. The van der Waals surface area contributed by atoms with Gasteiger partial charge in [-0.3, -0.25) is 9.59 Å². The van der Waals surface area contributed by atoms with Crippen LogP contribution in [0.5, 0.6) is 0 Å². The zero-order valence-electron chi connectivity index (χ0n) is 38.8. The lowest BCUT2D eigenvalue weighted by atomic mass is 9.98. The average molecular weight is 980 g/mol. The molecule has 8 rings (SSSR count). The van der Waals surface area contributed by atoms with Crippen molar-refractivity contribution >= 4 is 39.9 Å². The molecule has 0 spiro atoms. The number of hydrogen-bond donors (Lipinski definition) is 4. The largest absolute Gasteiger partial charge is 0.453 e. The minimum atomic E-state index is -0.770. The third kappa shape index (κ3) is 10.4. The number of likely N-dealkylation sites (tertiary alicyclic amines) is 2. The molecular weight excluding hydrogens is 921 g/mol. The van der Waals surface area contributed by atoms with E-state index in [0.29, 0.717) is 51.0 Å². The fraction of sp³-hybridized carbons (Fsp3) is 0.440. The standard InChI is InChI=1S/C50H59BrN8O8/c1-28(2)40(55-49(62)64-5)47(60)58-22-7-9-38(58)45-54-43(44(51)57-45)35-20-16-33(17-21-35)31-12-10-30(11-13-31)32-14-18-34(19-15-32)42-37-27-66-23-8-24-67-36-25-39(46(52-37)53-42)59(26-36)48(61)41(29(3)4)56-50(63)65-6/h10-21,28-29,36,38-41H,7-9,22-27H2,1-6H3,(H,52,53)(H,54,57)(H,55,62)(H,56,63)/t36-,38-,39-,40+,41-/m0/s1. The first kappa shape index (κ1) is 47.5. The molecule has 2 fully saturated rings. The second kappa shape index (κ2) is 20.9. The molecule has 16 nitrogen and oxygen atoms in total. The highest BCUT2D eigenvalue weighted by Gasteiger charge is 2.43. The number of methoxy groups -OCH3 is 2. The molecule has 3 aliphatic heterocycles. The molecule has 0 unspecified atom stereocenters. The van der Waals surface area contributed by atoms with Gasteiger partial charge in [0.05, 0.1) is 50.4 Å². The van der Waals surface area contributed by atoms with E-state index in [1.165, 1.54) is 14.2 Å². The summed E-state index contributed by atoms with van der Waals surface area (Å²) in [6, 6.07) is 22.9. The Morgan fingerprint density at radius 2 is 1.16 bits per heavy atom. The molecule has 17 heteroatoms. The van der Waals surface area contributed by atoms with E-state index in [2.05, 4.69) is 97.2 Å². The van der Waals surface area contributed by atoms with Crippen molar-refractivity contribution in [1.29, 1.82) is 0 Å². The Morgan fingerprint density at radius 1 is 0.672 bits per heavy atom.